The number of rotatable bonds is 2. The molecule has 4 rings (SSSR count). The summed E-state index contributed by atoms with van der Waals surface area (Å²) in [4.78, 5) is 0. The van der Waals surface area contributed by atoms with Crippen LogP contribution in [0, 0.1) is 0 Å². The van der Waals surface area contributed by atoms with Gasteiger partial charge in [0.25, 0.3) is 0 Å². The van der Waals surface area contributed by atoms with E-state index in [2.05, 4.69) is 35.6 Å². The van der Waals surface area contributed by atoms with Gasteiger partial charge in [-0.2, -0.15) is 0 Å². The van der Waals surface area contributed by atoms with Crippen molar-refractivity contribution >= 4 is 0 Å². The summed E-state index contributed by atoms with van der Waals surface area (Å²) in [7, 11) is 3.46. The van der Waals surface area contributed by atoms with Gasteiger partial charge in [0.2, 0.25) is 0 Å². The fourth-order valence-corrected chi connectivity index (χ4v) is 4.02. The van der Waals surface area contributed by atoms with E-state index in [1.807, 2.05) is 0 Å². The van der Waals surface area contributed by atoms with Crippen molar-refractivity contribution < 1.29 is 9.47 Å². The van der Waals surface area contributed by atoms with Crippen molar-refractivity contribution in [2.45, 2.75) is 18.8 Å². The average molecular weight is 295 g/mol. The van der Waals surface area contributed by atoms with Crippen molar-refractivity contribution in [2.75, 3.05) is 27.3 Å². The van der Waals surface area contributed by atoms with Crippen LogP contribution < -0.4 is 14.8 Å². The predicted molar refractivity (Wildman–Crippen MR) is 87.2 cm³/mol. The molecule has 0 fully saturated rings. The van der Waals surface area contributed by atoms with Crippen LogP contribution in [-0.4, -0.2) is 27.3 Å². The molecule has 0 saturated heterocycles. The maximum Gasteiger partial charge on any atom is 0.164 e. The molecule has 1 atom stereocenters. The first-order chi connectivity index (χ1) is 10.8. The standard InChI is InChI=1S/C19H21NO2/c1-21-17-10-13-7-8-20-11-16-14-6-4-3-5-12(14)9-15(18(13)16)19(17)22-2/h3-6,10,16,20H,7-9,11H2,1-2H3/t16-/m1/s1. The fourth-order valence-electron chi connectivity index (χ4n) is 4.02. The van der Waals surface area contributed by atoms with Crippen LogP contribution in [0.3, 0.4) is 0 Å². The number of ether oxygens (including phenoxy) is 2. The molecule has 2 aromatic carbocycles. The molecule has 2 aromatic rings. The van der Waals surface area contributed by atoms with Gasteiger partial charge in [0.15, 0.2) is 11.5 Å². The Kier molecular flexibility index (Phi) is 3.30. The highest BCUT2D eigenvalue weighted by Crippen LogP contribution is 2.46. The van der Waals surface area contributed by atoms with Crippen molar-refractivity contribution in [3.63, 3.8) is 0 Å². The molecule has 0 aromatic heterocycles. The molecule has 1 aliphatic carbocycles. The molecule has 1 heterocycles. The third-order valence-corrected chi connectivity index (χ3v) is 4.96. The normalized spacial score (nSPS) is 18.9. The number of benzene rings is 2. The van der Waals surface area contributed by atoms with Gasteiger partial charge >= 0.3 is 0 Å². The van der Waals surface area contributed by atoms with E-state index in [4.69, 9.17) is 9.47 Å². The molecular weight excluding hydrogens is 274 g/mol. The van der Waals surface area contributed by atoms with Gasteiger partial charge in [-0.25, -0.2) is 0 Å². The maximum atomic E-state index is 5.72. The van der Waals surface area contributed by atoms with Crippen molar-refractivity contribution in [2.24, 2.45) is 0 Å². The van der Waals surface area contributed by atoms with Crippen LogP contribution >= 0.6 is 0 Å². The minimum absolute atomic E-state index is 0.414. The van der Waals surface area contributed by atoms with Gasteiger partial charge in [0.1, 0.15) is 0 Å². The van der Waals surface area contributed by atoms with Gasteiger partial charge in [-0.05, 0) is 41.3 Å². The number of nitrogens with one attached hydrogen (secondary N) is 1. The van der Waals surface area contributed by atoms with E-state index in [-0.39, 0.29) is 0 Å². The van der Waals surface area contributed by atoms with E-state index in [0.717, 1.165) is 37.4 Å². The Hall–Kier alpha value is -2.00. The molecule has 2 aliphatic rings. The Labute approximate surface area is 131 Å². The van der Waals surface area contributed by atoms with Crippen LogP contribution in [0.25, 0.3) is 0 Å². The zero-order chi connectivity index (χ0) is 15.1. The summed E-state index contributed by atoms with van der Waals surface area (Å²) in [5, 5.41) is 3.59. The van der Waals surface area contributed by atoms with E-state index in [0.29, 0.717) is 5.92 Å². The number of hydrogen-bond donors (Lipinski definition) is 1. The molecule has 0 amide bonds. The van der Waals surface area contributed by atoms with E-state index in [1.54, 1.807) is 14.2 Å². The molecule has 0 unspecified atom stereocenters. The quantitative estimate of drug-likeness (QED) is 0.924. The fraction of sp³-hybridized carbons (Fsp3) is 0.368. The lowest BCUT2D eigenvalue weighted by Gasteiger charge is -2.31. The van der Waals surface area contributed by atoms with Gasteiger partial charge in [0.05, 0.1) is 14.2 Å². The Balaban J connectivity index is 2.00. The van der Waals surface area contributed by atoms with Crippen LogP contribution in [0.2, 0.25) is 0 Å². The molecule has 3 nitrogen and oxygen atoms in total. The van der Waals surface area contributed by atoms with E-state index in [1.165, 1.54) is 27.8 Å². The minimum Gasteiger partial charge on any atom is -0.493 e. The summed E-state index contributed by atoms with van der Waals surface area (Å²) in [5.74, 6) is 2.18. The zero-order valence-corrected chi connectivity index (χ0v) is 13.1. The van der Waals surface area contributed by atoms with Crippen LogP contribution in [0.4, 0.5) is 0 Å². The topological polar surface area (TPSA) is 30.5 Å². The Morgan fingerprint density at radius 3 is 2.77 bits per heavy atom. The number of methoxy groups -OCH3 is 2. The Morgan fingerprint density at radius 1 is 1.09 bits per heavy atom. The Bertz CT molecular complexity index is 724. The van der Waals surface area contributed by atoms with Gasteiger partial charge < -0.3 is 14.8 Å². The minimum atomic E-state index is 0.414. The van der Waals surface area contributed by atoms with Gasteiger partial charge in [-0.3, -0.25) is 0 Å². The third kappa shape index (κ3) is 1.92. The monoisotopic (exact) mass is 295 g/mol. The smallest absolute Gasteiger partial charge is 0.164 e. The van der Waals surface area contributed by atoms with E-state index < -0.39 is 0 Å². The van der Waals surface area contributed by atoms with Crippen molar-refractivity contribution in [3.05, 3.63) is 58.1 Å². The van der Waals surface area contributed by atoms with Crippen LogP contribution in [-0.2, 0) is 12.8 Å². The molecule has 0 bridgehead atoms. The van der Waals surface area contributed by atoms with Crippen LogP contribution in [0.1, 0.15) is 33.7 Å². The second-order valence-corrected chi connectivity index (χ2v) is 6.05. The summed E-state index contributed by atoms with van der Waals surface area (Å²) >= 11 is 0. The molecule has 22 heavy (non-hydrogen) atoms. The lowest BCUT2D eigenvalue weighted by atomic mass is 9.75. The van der Waals surface area contributed by atoms with E-state index >= 15 is 0 Å². The molecule has 0 radical (unpaired) electrons. The highest BCUT2D eigenvalue weighted by Gasteiger charge is 2.32. The van der Waals surface area contributed by atoms with E-state index in [9.17, 15) is 0 Å². The average Bonchev–Trinajstić information content (AvgIpc) is 2.78. The second kappa shape index (κ2) is 5.33. The summed E-state index contributed by atoms with van der Waals surface area (Å²) in [6.07, 6.45) is 1.97. The lowest BCUT2D eigenvalue weighted by Crippen LogP contribution is -2.24. The van der Waals surface area contributed by atoms with Crippen molar-refractivity contribution in [1.82, 2.24) is 5.32 Å². The predicted octanol–water partition coefficient (Wildman–Crippen LogP) is 2.89. The summed E-state index contributed by atoms with van der Waals surface area (Å²) in [5.41, 5.74) is 7.03. The molecule has 0 saturated carbocycles. The number of fused-ring (bicyclic) bond motifs is 2. The molecule has 3 heteroatoms. The first-order valence-electron chi connectivity index (χ1n) is 7.88. The zero-order valence-electron chi connectivity index (χ0n) is 13.1. The maximum absolute atomic E-state index is 5.72. The third-order valence-electron chi connectivity index (χ3n) is 4.96. The molecular formula is C19H21NO2. The molecule has 1 N–H and O–H groups in total. The lowest BCUT2D eigenvalue weighted by molar-refractivity contribution is 0.350. The molecule has 114 valence electrons. The van der Waals surface area contributed by atoms with Crippen molar-refractivity contribution in [1.29, 1.82) is 0 Å². The second-order valence-electron chi connectivity index (χ2n) is 6.05. The highest BCUT2D eigenvalue weighted by atomic mass is 16.5. The summed E-state index contributed by atoms with van der Waals surface area (Å²) < 4.78 is 11.3. The Morgan fingerprint density at radius 2 is 1.95 bits per heavy atom. The molecule has 1 aliphatic heterocycles. The first kappa shape index (κ1) is 13.6. The van der Waals surface area contributed by atoms with Crippen molar-refractivity contribution in [3.8, 4) is 11.5 Å². The highest BCUT2D eigenvalue weighted by molar-refractivity contribution is 5.62. The largest absolute Gasteiger partial charge is 0.493 e. The van der Waals surface area contributed by atoms with Gasteiger partial charge in [-0.15, -0.1) is 0 Å². The van der Waals surface area contributed by atoms with Crippen LogP contribution in [0.5, 0.6) is 11.5 Å². The first-order valence-corrected chi connectivity index (χ1v) is 7.88. The molecule has 0 spiro atoms. The summed E-state index contributed by atoms with van der Waals surface area (Å²) in [6, 6.07) is 11.0. The SMILES string of the molecule is COc1cc2c3c(c1OC)Cc1ccccc1[C@H]3CNCC2. The van der Waals surface area contributed by atoms with Gasteiger partial charge in [-0.1, -0.05) is 24.3 Å². The van der Waals surface area contributed by atoms with Crippen LogP contribution in [0.15, 0.2) is 30.3 Å². The van der Waals surface area contributed by atoms with Gasteiger partial charge in [0, 0.05) is 24.4 Å². The number of hydrogen-bond acceptors (Lipinski definition) is 3. The summed E-state index contributed by atoms with van der Waals surface area (Å²) in [6.45, 7) is 2.01.